The van der Waals surface area contributed by atoms with Crippen molar-refractivity contribution >= 4 is 21.7 Å². The molecular formula is C17H18NO4S-. The van der Waals surface area contributed by atoms with E-state index in [1.165, 1.54) is 24.3 Å². The fourth-order valence-corrected chi connectivity index (χ4v) is 3.16. The fraction of sp³-hybridized carbons (Fsp3) is 0.235. The van der Waals surface area contributed by atoms with Crippen LogP contribution >= 0.6 is 0 Å². The van der Waals surface area contributed by atoms with E-state index in [-0.39, 0.29) is 10.5 Å². The van der Waals surface area contributed by atoms with Gasteiger partial charge in [0, 0.05) is 5.69 Å². The third kappa shape index (κ3) is 4.10. The van der Waals surface area contributed by atoms with E-state index < -0.39 is 16.0 Å². The number of aromatic carboxylic acids is 1. The number of carbonyl (C=O) groups is 1. The van der Waals surface area contributed by atoms with Crippen molar-refractivity contribution in [1.82, 2.24) is 0 Å². The van der Waals surface area contributed by atoms with E-state index in [2.05, 4.69) is 18.6 Å². The van der Waals surface area contributed by atoms with Gasteiger partial charge in [-0.2, -0.15) is 0 Å². The molecule has 0 radical (unpaired) electrons. The second-order valence-electron chi connectivity index (χ2n) is 5.35. The first-order valence-corrected chi connectivity index (χ1v) is 8.76. The number of carboxylic acid groups (broad SMARTS) is 1. The first kappa shape index (κ1) is 17.0. The van der Waals surface area contributed by atoms with Crippen molar-refractivity contribution in [3.8, 4) is 0 Å². The Balaban J connectivity index is 2.19. The van der Waals surface area contributed by atoms with Crippen LogP contribution in [-0.4, -0.2) is 14.4 Å². The number of anilines is 1. The summed E-state index contributed by atoms with van der Waals surface area (Å²) in [5, 5.41) is 10.7. The summed E-state index contributed by atoms with van der Waals surface area (Å²) >= 11 is 0. The Morgan fingerprint density at radius 1 is 1.09 bits per heavy atom. The normalized spacial score (nSPS) is 12.6. The third-order valence-electron chi connectivity index (χ3n) is 3.74. The van der Waals surface area contributed by atoms with Gasteiger partial charge in [0.25, 0.3) is 10.0 Å². The summed E-state index contributed by atoms with van der Waals surface area (Å²) in [6.07, 6.45) is 1.01. The molecule has 2 aromatic rings. The Kier molecular flexibility index (Phi) is 5.05. The topological polar surface area (TPSA) is 86.3 Å². The molecule has 2 rings (SSSR count). The van der Waals surface area contributed by atoms with Gasteiger partial charge in [0.05, 0.1) is 10.9 Å². The predicted octanol–water partition coefficient (Wildman–Crippen LogP) is 2.36. The highest BCUT2D eigenvalue weighted by molar-refractivity contribution is 7.92. The Hall–Kier alpha value is -2.34. The minimum absolute atomic E-state index is 0.00602. The van der Waals surface area contributed by atoms with Gasteiger partial charge in [-0.25, -0.2) is 8.42 Å². The maximum Gasteiger partial charge on any atom is 0.261 e. The van der Waals surface area contributed by atoms with Crippen molar-refractivity contribution in [3.63, 3.8) is 0 Å². The number of hydrogen-bond donors (Lipinski definition) is 1. The Morgan fingerprint density at radius 2 is 1.65 bits per heavy atom. The van der Waals surface area contributed by atoms with E-state index in [4.69, 9.17) is 0 Å². The van der Waals surface area contributed by atoms with Crippen molar-refractivity contribution in [2.24, 2.45) is 0 Å². The zero-order chi connectivity index (χ0) is 17.0. The van der Waals surface area contributed by atoms with Gasteiger partial charge in [0.1, 0.15) is 0 Å². The molecule has 0 aliphatic rings. The molecule has 1 N–H and O–H groups in total. The summed E-state index contributed by atoms with van der Waals surface area (Å²) in [7, 11) is -3.76. The number of carbonyl (C=O) groups excluding carboxylic acids is 1. The zero-order valence-electron chi connectivity index (χ0n) is 12.9. The highest BCUT2D eigenvalue weighted by atomic mass is 32.2. The molecule has 0 saturated carbocycles. The standard InChI is InChI=1S/C17H19NO4S/c1-3-12(2)13-4-8-15(9-5-13)18-23(21,22)16-10-6-14(7-11-16)17(19)20/h4-12,18H,3H2,1-2H3,(H,19,20)/p-1/t12-/m1/s1. The highest BCUT2D eigenvalue weighted by Gasteiger charge is 2.14. The van der Waals surface area contributed by atoms with Gasteiger partial charge >= 0.3 is 0 Å². The van der Waals surface area contributed by atoms with Gasteiger partial charge in [-0.05, 0) is 47.7 Å². The minimum atomic E-state index is -3.76. The largest absolute Gasteiger partial charge is 0.545 e. The lowest BCUT2D eigenvalue weighted by Gasteiger charge is -2.12. The summed E-state index contributed by atoms with van der Waals surface area (Å²) in [5.74, 6) is -0.930. The molecule has 5 nitrogen and oxygen atoms in total. The molecule has 0 amide bonds. The molecule has 0 aliphatic carbocycles. The molecule has 122 valence electrons. The quantitative estimate of drug-likeness (QED) is 0.880. The summed E-state index contributed by atoms with van der Waals surface area (Å²) in [4.78, 5) is 10.7. The average Bonchev–Trinajstić information content (AvgIpc) is 2.54. The molecule has 0 bridgehead atoms. The number of hydrogen-bond acceptors (Lipinski definition) is 4. The van der Waals surface area contributed by atoms with Crippen LogP contribution in [0.25, 0.3) is 0 Å². The molecule has 23 heavy (non-hydrogen) atoms. The molecule has 1 atom stereocenters. The van der Waals surface area contributed by atoms with Gasteiger partial charge in [0.15, 0.2) is 0 Å². The van der Waals surface area contributed by atoms with Gasteiger partial charge in [-0.1, -0.05) is 38.1 Å². The molecule has 0 saturated heterocycles. The lowest BCUT2D eigenvalue weighted by molar-refractivity contribution is -0.255. The second kappa shape index (κ2) is 6.83. The SMILES string of the molecule is CC[C@@H](C)c1ccc(NS(=O)(=O)c2ccc(C(=O)[O-])cc2)cc1. The highest BCUT2D eigenvalue weighted by Crippen LogP contribution is 2.22. The summed E-state index contributed by atoms with van der Waals surface area (Å²) < 4.78 is 27.0. The van der Waals surface area contributed by atoms with Crippen molar-refractivity contribution in [3.05, 3.63) is 59.7 Å². The number of carboxylic acids is 1. The van der Waals surface area contributed by atoms with Crippen LogP contribution < -0.4 is 9.83 Å². The molecule has 2 aromatic carbocycles. The third-order valence-corrected chi connectivity index (χ3v) is 5.14. The number of rotatable bonds is 6. The molecule has 0 heterocycles. The first-order chi connectivity index (χ1) is 10.8. The Labute approximate surface area is 136 Å². The fourth-order valence-electron chi connectivity index (χ4n) is 2.10. The first-order valence-electron chi connectivity index (χ1n) is 7.27. The number of sulfonamides is 1. The predicted molar refractivity (Wildman–Crippen MR) is 86.7 cm³/mol. The zero-order valence-corrected chi connectivity index (χ0v) is 13.8. The summed E-state index contributed by atoms with van der Waals surface area (Å²) in [5.41, 5.74) is 1.54. The minimum Gasteiger partial charge on any atom is -0.545 e. The van der Waals surface area contributed by atoms with Crippen LogP contribution in [0.2, 0.25) is 0 Å². The Bertz CT molecular complexity index is 780. The molecule has 0 aromatic heterocycles. The van der Waals surface area contributed by atoms with Crippen molar-refractivity contribution < 1.29 is 18.3 Å². The maximum atomic E-state index is 12.3. The van der Waals surface area contributed by atoms with E-state index >= 15 is 0 Å². The van der Waals surface area contributed by atoms with Crippen LogP contribution in [0.5, 0.6) is 0 Å². The lowest BCUT2D eigenvalue weighted by Crippen LogP contribution is -2.22. The van der Waals surface area contributed by atoms with E-state index in [1.54, 1.807) is 12.1 Å². The van der Waals surface area contributed by atoms with E-state index in [0.717, 1.165) is 12.0 Å². The Morgan fingerprint density at radius 3 is 2.13 bits per heavy atom. The summed E-state index contributed by atoms with van der Waals surface area (Å²) in [6.45, 7) is 4.20. The van der Waals surface area contributed by atoms with Crippen LogP contribution in [0.15, 0.2) is 53.4 Å². The van der Waals surface area contributed by atoms with E-state index in [0.29, 0.717) is 11.6 Å². The van der Waals surface area contributed by atoms with Crippen molar-refractivity contribution in [1.29, 1.82) is 0 Å². The summed E-state index contributed by atoms with van der Waals surface area (Å²) in [6, 6.07) is 12.1. The molecule has 0 spiro atoms. The number of nitrogens with one attached hydrogen (secondary N) is 1. The van der Waals surface area contributed by atoms with Crippen LogP contribution in [0.3, 0.4) is 0 Å². The monoisotopic (exact) mass is 332 g/mol. The van der Waals surface area contributed by atoms with E-state index in [1.807, 2.05) is 12.1 Å². The average molecular weight is 332 g/mol. The van der Waals surface area contributed by atoms with Gasteiger partial charge < -0.3 is 9.90 Å². The van der Waals surface area contributed by atoms with Gasteiger partial charge in [-0.15, -0.1) is 0 Å². The van der Waals surface area contributed by atoms with Crippen LogP contribution in [0.4, 0.5) is 5.69 Å². The van der Waals surface area contributed by atoms with Gasteiger partial charge in [0.2, 0.25) is 0 Å². The molecule has 6 heteroatoms. The van der Waals surface area contributed by atoms with Crippen molar-refractivity contribution in [2.45, 2.75) is 31.1 Å². The van der Waals surface area contributed by atoms with E-state index in [9.17, 15) is 18.3 Å². The molecular weight excluding hydrogens is 314 g/mol. The molecule has 0 fully saturated rings. The van der Waals surface area contributed by atoms with Crippen LogP contribution in [-0.2, 0) is 10.0 Å². The van der Waals surface area contributed by atoms with Crippen molar-refractivity contribution in [2.75, 3.05) is 4.72 Å². The van der Waals surface area contributed by atoms with Crippen LogP contribution in [0, 0.1) is 0 Å². The number of benzene rings is 2. The molecule has 0 aliphatic heterocycles. The van der Waals surface area contributed by atoms with Gasteiger partial charge in [-0.3, -0.25) is 4.72 Å². The lowest BCUT2D eigenvalue weighted by atomic mass is 9.99. The second-order valence-corrected chi connectivity index (χ2v) is 7.03. The van der Waals surface area contributed by atoms with Crippen LogP contribution in [0.1, 0.15) is 42.1 Å². The smallest absolute Gasteiger partial charge is 0.261 e. The maximum absolute atomic E-state index is 12.3. The molecule has 0 unspecified atom stereocenters.